The lowest BCUT2D eigenvalue weighted by Crippen LogP contribution is -2.11. The Bertz CT molecular complexity index is 723. The van der Waals surface area contributed by atoms with Crippen molar-refractivity contribution in [3.63, 3.8) is 0 Å². The minimum atomic E-state index is -0.348. The van der Waals surface area contributed by atoms with Gasteiger partial charge in [-0.05, 0) is 37.0 Å². The summed E-state index contributed by atoms with van der Waals surface area (Å²) in [5.41, 5.74) is 3.56. The first-order chi connectivity index (χ1) is 11.2. The molecule has 1 aromatic heterocycles. The number of benzene rings is 1. The van der Waals surface area contributed by atoms with E-state index in [1.165, 1.54) is 0 Å². The molecule has 118 valence electrons. The highest BCUT2D eigenvalue weighted by atomic mass is 16.5. The summed E-state index contributed by atoms with van der Waals surface area (Å²) in [5, 5.41) is 3.32. The van der Waals surface area contributed by atoms with Crippen molar-refractivity contribution in [2.45, 2.75) is 26.4 Å². The monoisotopic (exact) mass is 308 g/mol. The fourth-order valence-electron chi connectivity index (χ4n) is 2.56. The number of fused-ring (bicyclic) bond motifs is 1. The molecule has 4 nitrogen and oxygen atoms in total. The summed E-state index contributed by atoms with van der Waals surface area (Å²) in [5.74, 6) is 0.483. The van der Waals surface area contributed by atoms with Gasteiger partial charge in [0.2, 0.25) is 0 Å². The van der Waals surface area contributed by atoms with Crippen LogP contribution in [0.1, 0.15) is 41.3 Å². The van der Waals surface area contributed by atoms with Crippen molar-refractivity contribution in [1.29, 1.82) is 0 Å². The van der Waals surface area contributed by atoms with Gasteiger partial charge in [0.15, 0.2) is 0 Å². The molecule has 0 atom stereocenters. The van der Waals surface area contributed by atoms with Crippen LogP contribution in [0.15, 0.2) is 48.7 Å². The van der Waals surface area contributed by atoms with Gasteiger partial charge in [0, 0.05) is 18.3 Å². The molecule has 0 saturated carbocycles. The molecule has 1 aliphatic rings. The van der Waals surface area contributed by atoms with Gasteiger partial charge in [-0.2, -0.15) is 0 Å². The minimum Gasteiger partial charge on any atom is -0.457 e. The van der Waals surface area contributed by atoms with E-state index < -0.39 is 0 Å². The molecule has 3 rings (SSSR count). The average Bonchev–Trinajstić information content (AvgIpc) is 2.58. The summed E-state index contributed by atoms with van der Waals surface area (Å²) < 4.78 is 5.38. The topological polar surface area (TPSA) is 51.2 Å². The van der Waals surface area contributed by atoms with E-state index in [0.29, 0.717) is 5.56 Å². The number of hydrogen-bond acceptors (Lipinski definition) is 4. The van der Waals surface area contributed by atoms with Gasteiger partial charge in [0.05, 0.1) is 5.56 Å². The van der Waals surface area contributed by atoms with E-state index in [-0.39, 0.29) is 12.6 Å². The van der Waals surface area contributed by atoms with E-state index in [9.17, 15) is 4.79 Å². The molecular weight excluding hydrogens is 288 g/mol. The van der Waals surface area contributed by atoms with Crippen LogP contribution >= 0.6 is 0 Å². The molecule has 1 aliphatic heterocycles. The number of esters is 1. The molecule has 0 saturated heterocycles. The van der Waals surface area contributed by atoms with E-state index >= 15 is 0 Å². The van der Waals surface area contributed by atoms with Crippen LogP contribution in [-0.2, 0) is 11.3 Å². The minimum absolute atomic E-state index is 0.268. The normalized spacial score (nSPS) is 16.1. The maximum atomic E-state index is 12.3. The van der Waals surface area contributed by atoms with Crippen LogP contribution in [0.5, 0.6) is 0 Å². The Kier molecular flexibility index (Phi) is 4.71. The van der Waals surface area contributed by atoms with Gasteiger partial charge < -0.3 is 10.1 Å². The van der Waals surface area contributed by atoms with Gasteiger partial charge in [-0.1, -0.05) is 36.4 Å². The van der Waals surface area contributed by atoms with E-state index in [1.807, 2.05) is 43.3 Å². The summed E-state index contributed by atoms with van der Waals surface area (Å²) in [7, 11) is 0. The van der Waals surface area contributed by atoms with Gasteiger partial charge in [-0.15, -0.1) is 0 Å². The van der Waals surface area contributed by atoms with Crippen molar-refractivity contribution < 1.29 is 9.53 Å². The van der Waals surface area contributed by atoms with Gasteiger partial charge >= 0.3 is 5.97 Å². The molecule has 0 spiro atoms. The van der Waals surface area contributed by atoms with Crippen molar-refractivity contribution in [2.75, 3.05) is 11.9 Å². The molecule has 2 aromatic rings. The lowest BCUT2D eigenvalue weighted by molar-refractivity contribution is 0.0472. The number of pyridine rings is 1. The molecule has 4 heteroatoms. The van der Waals surface area contributed by atoms with E-state index in [0.717, 1.165) is 41.9 Å². The molecule has 0 fully saturated rings. The zero-order valence-electron chi connectivity index (χ0n) is 13.2. The molecule has 0 unspecified atom stereocenters. The van der Waals surface area contributed by atoms with E-state index in [1.54, 1.807) is 6.20 Å². The molecule has 0 bridgehead atoms. The number of nitrogens with zero attached hydrogens (tertiary/aromatic N) is 1. The third-order valence-corrected chi connectivity index (χ3v) is 3.88. The number of aromatic nitrogens is 1. The van der Waals surface area contributed by atoms with Crippen LogP contribution in [0, 0.1) is 0 Å². The number of allylic oxidation sites excluding steroid dienone is 2. The highest BCUT2D eigenvalue weighted by Gasteiger charge is 2.14. The fourth-order valence-corrected chi connectivity index (χ4v) is 2.56. The lowest BCUT2D eigenvalue weighted by atomic mass is 10.0. The predicted molar refractivity (Wildman–Crippen MR) is 91.2 cm³/mol. The average molecular weight is 308 g/mol. The Morgan fingerprint density at radius 2 is 2.13 bits per heavy atom. The first-order valence-electron chi connectivity index (χ1n) is 7.86. The van der Waals surface area contributed by atoms with Crippen LogP contribution in [0.2, 0.25) is 0 Å². The highest BCUT2D eigenvalue weighted by molar-refractivity contribution is 5.91. The number of carbonyl (C=O) groups excluding carboxylic acids is 1. The summed E-state index contributed by atoms with van der Waals surface area (Å²) >= 11 is 0. The lowest BCUT2D eigenvalue weighted by Gasteiger charge is -2.15. The van der Waals surface area contributed by atoms with Crippen molar-refractivity contribution in [3.8, 4) is 0 Å². The predicted octanol–water partition coefficient (Wildman–Crippen LogP) is 4.05. The molecular formula is C19H20N2O2. The van der Waals surface area contributed by atoms with Gasteiger partial charge in [0.25, 0.3) is 0 Å². The number of ether oxygens (including phenoxy) is 1. The maximum absolute atomic E-state index is 12.3. The molecule has 2 heterocycles. The van der Waals surface area contributed by atoms with Crippen LogP contribution in [0.3, 0.4) is 0 Å². The number of carbonyl (C=O) groups is 1. The first-order valence-corrected chi connectivity index (χ1v) is 7.86. The van der Waals surface area contributed by atoms with E-state index in [2.05, 4.69) is 16.4 Å². The Hall–Kier alpha value is -2.62. The number of rotatable bonds is 3. The second kappa shape index (κ2) is 7.09. The Morgan fingerprint density at radius 1 is 1.30 bits per heavy atom. The standard InChI is InChI=1S/C19H20N2O2/c1-14-7-5-6-10-20-18-17(14)11-16(12-21-18)19(22)23-13-15-8-3-2-4-9-15/h2-4,7-9,11-12H,5-6,10,13H2,1H3,(H,20,21)/b14-7-. The van der Waals surface area contributed by atoms with Gasteiger partial charge in [0.1, 0.15) is 12.4 Å². The summed E-state index contributed by atoms with van der Waals surface area (Å²) in [6.07, 6.45) is 5.88. The maximum Gasteiger partial charge on any atom is 0.340 e. The molecule has 23 heavy (non-hydrogen) atoms. The molecule has 0 radical (unpaired) electrons. The first kappa shape index (κ1) is 15.3. The number of nitrogens with one attached hydrogen (secondary N) is 1. The van der Waals surface area contributed by atoms with Crippen LogP contribution in [0.4, 0.5) is 5.82 Å². The molecule has 1 aromatic carbocycles. The van der Waals surface area contributed by atoms with Gasteiger partial charge in [-0.25, -0.2) is 9.78 Å². The smallest absolute Gasteiger partial charge is 0.340 e. The molecule has 1 N–H and O–H groups in total. The molecule has 0 aliphatic carbocycles. The van der Waals surface area contributed by atoms with E-state index in [4.69, 9.17) is 4.74 Å². The Balaban J connectivity index is 1.76. The SMILES string of the molecule is C/C1=C/CCCNc2ncc(C(=O)OCc3ccccc3)cc21. The quantitative estimate of drug-likeness (QED) is 0.869. The van der Waals surface area contributed by atoms with Gasteiger partial charge in [-0.3, -0.25) is 0 Å². The largest absolute Gasteiger partial charge is 0.457 e. The van der Waals surface area contributed by atoms with Crippen LogP contribution in [0.25, 0.3) is 5.57 Å². The second-order valence-electron chi connectivity index (χ2n) is 5.64. The van der Waals surface area contributed by atoms with Crippen molar-refractivity contribution >= 4 is 17.4 Å². The van der Waals surface area contributed by atoms with Crippen molar-refractivity contribution in [3.05, 3.63) is 65.4 Å². The zero-order chi connectivity index (χ0) is 16.1. The highest BCUT2D eigenvalue weighted by Crippen LogP contribution is 2.25. The third-order valence-electron chi connectivity index (χ3n) is 3.88. The second-order valence-corrected chi connectivity index (χ2v) is 5.64. The number of hydrogen-bond donors (Lipinski definition) is 1. The van der Waals surface area contributed by atoms with Crippen LogP contribution in [-0.4, -0.2) is 17.5 Å². The number of anilines is 1. The molecule has 0 amide bonds. The summed E-state index contributed by atoms with van der Waals surface area (Å²) in [6.45, 7) is 3.21. The summed E-state index contributed by atoms with van der Waals surface area (Å²) in [6, 6.07) is 11.5. The zero-order valence-corrected chi connectivity index (χ0v) is 13.2. The third kappa shape index (κ3) is 3.77. The van der Waals surface area contributed by atoms with Crippen molar-refractivity contribution in [2.24, 2.45) is 0 Å². The Morgan fingerprint density at radius 3 is 2.96 bits per heavy atom. The Labute approximate surface area is 136 Å². The summed E-state index contributed by atoms with van der Waals surface area (Å²) in [4.78, 5) is 16.7. The van der Waals surface area contributed by atoms with Crippen molar-refractivity contribution in [1.82, 2.24) is 4.98 Å². The fraction of sp³-hybridized carbons (Fsp3) is 0.263. The van der Waals surface area contributed by atoms with Crippen LogP contribution < -0.4 is 5.32 Å².